The Labute approximate surface area is 127 Å². The van der Waals surface area contributed by atoms with E-state index in [9.17, 15) is 23.6 Å². The Balaban J connectivity index is 2.45. The van der Waals surface area contributed by atoms with Crippen LogP contribution in [-0.2, 0) is 10.0 Å². The van der Waals surface area contributed by atoms with Crippen LogP contribution in [0, 0.1) is 17.0 Å². The lowest BCUT2D eigenvalue weighted by Gasteiger charge is -2.29. The van der Waals surface area contributed by atoms with Crippen molar-refractivity contribution in [2.45, 2.75) is 30.8 Å². The third-order valence-electron chi connectivity index (χ3n) is 3.48. The van der Waals surface area contributed by atoms with Crippen LogP contribution in [0.5, 0.6) is 0 Å². The number of piperidine rings is 1. The van der Waals surface area contributed by atoms with Crippen LogP contribution < -0.4 is 0 Å². The molecule has 0 aromatic heterocycles. The second-order valence-corrected chi connectivity index (χ2v) is 7.28. The van der Waals surface area contributed by atoms with Crippen LogP contribution in [0.1, 0.15) is 18.4 Å². The van der Waals surface area contributed by atoms with Crippen molar-refractivity contribution < 1.29 is 18.4 Å². The van der Waals surface area contributed by atoms with Crippen molar-refractivity contribution in [2.75, 3.05) is 13.1 Å². The molecule has 0 saturated carbocycles. The summed E-state index contributed by atoms with van der Waals surface area (Å²) in [5, 5.41) is 20.3. The summed E-state index contributed by atoms with van der Waals surface area (Å²) >= 11 is 5.77. The van der Waals surface area contributed by atoms with Gasteiger partial charge in [-0.3, -0.25) is 10.1 Å². The molecule has 1 fully saturated rings. The number of rotatable bonds is 3. The number of aliphatic hydroxyl groups is 1. The molecule has 9 heteroatoms. The predicted octanol–water partition coefficient (Wildman–Crippen LogP) is 1.70. The van der Waals surface area contributed by atoms with E-state index in [1.165, 1.54) is 10.4 Å². The molecule has 0 spiro atoms. The number of hydrogen-bond acceptors (Lipinski definition) is 5. The summed E-state index contributed by atoms with van der Waals surface area (Å²) in [6.07, 6.45) is 0.208. The van der Waals surface area contributed by atoms with Gasteiger partial charge in [-0.05, 0) is 31.4 Å². The zero-order valence-corrected chi connectivity index (χ0v) is 12.9. The Morgan fingerprint density at radius 3 is 2.48 bits per heavy atom. The van der Waals surface area contributed by atoms with Crippen molar-refractivity contribution >= 4 is 27.3 Å². The summed E-state index contributed by atoms with van der Waals surface area (Å²) in [6.45, 7) is 1.93. The van der Waals surface area contributed by atoms with E-state index in [4.69, 9.17) is 11.6 Å². The van der Waals surface area contributed by atoms with Crippen LogP contribution in [0.25, 0.3) is 0 Å². The molecule has 1 aromatic rings. The summed E-state index contributed by atoms with van der Waals surface area (Å²) in [5.41, 5.74) is -0.0744. The van der Waals surface area contributed by atoms with E-state index in [0.29, 0.717) is 18.4 Å². The molecule has 1 aliphatic rings. The maximum atomic E-state index is 12.6. The van der Waals surface area contributed by atoms with Crippen LogP contribution >= 0.6 is 11.6 Å². The standard InChI is InChI=1S/C12H15ClN2O5S/c1-8-6-10(13)11(15(17)18)7-12(8)21(19,20)14-4-2-9(16)3-5-14/h6-7,9,16H,2-5H2,1H3. The maximum Gasteiger partial charge on any atom is 0.289 e. The van der Waals surface area contributed by atoms with Gasteiger partial charge in [0, 0.05) is 19.2 Å². The first-order valence-corrected chi connectivity index (χ1v) is 8.18. The summed E-state index contributed by atoms with van der Waals surface area (Å²) in [4.78, 5) is 10.1. The molecule has 2 rings (SSSR count). The van der Waals surface area contributed by atoms with E-state index >= 15 is 0 Å². The highest BCUT2D eigenvalue weighted by Gasteiger charge is 2.31. The molecule has 116 valence electrons. The average molecular weight is 335 g/mol. The molecule has 1 saturated heterocycles. The van der Waals surface area contributed by atoms with Crippen molar-refractivity contribution in [1.82, 2.24) is 4.31 Å². The zero-order valence-electron chi connectivity index (χ0n) is 11.3. The number of aliphatic hydroxyl groups excluding tert-OH is 1. The van der Waals surface area contributed by atoms with Crippen molar-refractivity contribution in [1.29, 1.82) is 0 Å². The van der Waals surface area contributed by atoms with Crippen molar-refractivity contribution in [3.8, 4) is 0 Å². The molecule has 0 atom stereocenters. The number of nitro groups is 1. The van der Waals surface area contributed by atoms with Crippen LogP contribution in [0.4, 0.5) is 5.69 Å². The van der Waals surface area contributed by atoms with E-state index in [0.717, 1.165) is 6.07 Å². The molecule has 21 heavy (non-hydrogen) atoms. The van der Waals surface area contributed by atoms with Crippen LogP contribution in [0.15, 0.2) is 17.0 Å². The summed E-state index contributed by atoms with van der Waals surface area (Å²) < 4.78 is 26.4. The third kappa shape index (κ3) is 3.18. The fourth-order valence-electron chi connectivity index (χ4n) is 2.28. The lowest BCUT2D eigenvalue weighted by molar-refractivity contribution is -0.384. The molecule has 1 aliphatic heterocycles. The monoisotopic (exact) mass is 334 g/mol. The molecule has 1 heterocycles. The fraction of sp³-hybridized carbons (Fsp3) is 0.500. The minimum atomic E-state index is -3.83. The van der Waals surface area contributed by atoms with Gasteiger partial charge in [0.1, 0.15) is 5.02 Å². The number of nitro benzene ring substituents is 1. The summed E-state index contributed by atoms with van der Waals surface area (Å²) in [7, 11) is -3.83. The van der Waals surface area contributed by atoms with Crippen LogP contribution in [0.2, 0.25) is 5.02 Å². The van der Waals surface area contributed by atoms with Gasteiger partial charge in [-0.1, -0.05) is 11.6 Å². The molecule has 0 bridgehead atoms. The highest BCUT2D eigenvalue weighted by molar-refractivity contribution is 7.89. The van der Waals surface area contributed by atoms with Gasteiger partial charge in [0.2, 0.25) is 10.0 Å². The average Bonchev–Trinajstić information content (AvgIpc) is 2.38. The van der Waals surface area contributed by atoms with Gasteiger partial charge in [-0.15, -0.1) is 0 Å². The van der Waals surface area contributed by atoms with Gasteiger partial charge in [0.15, 0.2) is 0 Å². The molecule has 7 nitrogen and oxygen atoms in total. The van der Waals surface area contributed by atoms with E-state index < -0.39 is 26.7 Å². The lowest BCUT2D eigenvalue weighted by atomic mass is 10.1. The van der Waals surface area contributed by atoms with E-state index in [1.807, 2.05) is 0 Å². The predicted molar refractivity (Wildman–Crippen MR) is 76.8 cm³/mol. The first-order chi connectivity index (χ1) is 9.73. The van der Waals surface area contributed by atoms with Gasteiger partial charge >= 0.3 is 0 Å². The second-order valence-electron chi connectivity index (χ2n) is 4.96. The van der Waals surface area contributed by atoms with E-state index in [1.54, 1.807) is 6.92 Å². The molecule has 0 unspecified atom stereocenters. The van der Waals surface area contributed by atoms with Crippen molar-refractivity contribution in [3.63, 3.8) is 0 Å². The van der Waals surface area contributed by atoms with Crippen molar-refractivity contribution in [3.05, 3.63) is 32.8 Å². The quantitative estimate of drug-likeness (QED) is 0.669. The number of halogens is 1. The minimum absolute atomic E-state index is 0.0921. The number of benzene rings is 1. The topological polar surface area (TPSA) is 101 Å². The molecule has 0 radical (unpaired) electrons. The van der Waals surface area contributed by atoms with Gasteiger partial charge in [0.25, 0.3) is 5.69 Å². The number of sulfonamides is 1. The first kappa shape index (κ1) is 16.2. The second kappa shape index (κ2) is 5.88. The zero-order chi connectivity index (χ0) is 15.8. The Hall–Kier alpha value is -1.22. The smallest absolute Gasteiger partial charge is 0.289 e. The van der Waals surface area contributed by atoms with Crippen molar-refractivity contribution in [2.24, 2.45) is 0 Å². The molecule has 1 aromatic carbocycles. The highest BCUT2D eigenvalue weighted by Crippen LogP contribution is 2.32. The first-order valence-electron chi connectivity index (χ1n) is 6.36. The maximum absolute atomic E-state index is 12.6. The summed E-state index contributed by atoms with van der Waals surface area (Å²) in [5.74, 6) is 0. The minimum Gasteiger partial charge on any atom is -0.393 e. The third-order valence-corrected chi connectivity index (χ3v) is 5.83. The Morgan fingerprint density at radius 2 is 1.95 bits per heavy atom. The van der Waals surface area contributed by atoms with Crippen LogP contribution in [-0.4, -0.2) is 41.9 Å². The molecular weight excluding hydrogens is 320 g/mol. The highest BCUT2D eigenvalue weighted by atomic mass is 35.5. The Kier molecular flexibility index (Phi) is 4.52. The Bertz CT molecular complexity index is 668. The molecule has 1 N–H and O–H groups in total. The van der Waals surface area contributed by atoms with E-state index in [2.05, 4.69) is 0 Å². The molecule has 0 amide bonds. The van der Waals surface area contributed by atoms with Gasteiger partial charge in [0.05, 0.1) is 15.9 Å². The Morgan fingerprint density at radius 1 is 1.38 bits per heavy atom. The number of hydrogen-bond donors (Lipinski definition) is 1. The lowest BCUT2D eigenvalue weighted by Crippen LogP contribution is -2.40. The van der Waals surface area contributed by atoms with Gasteiger partial charge in [-0.25, -0.2) is 8.42 Å². The van der Waals surface area contributed by atoms with E-state index in [-0.39, 0.29) is 23.0 Å². The normalized spacial score (nSPS) is 17.9. The summed E-state index contributed by atoms with van der Waals surface area (Å²) in [6, 6.07) is 2.28. The largest absolute Gasteiger partial charge is 0.393 e. The van der Waals surface area contributed by atoms with Crippen LogP contribution in [0.3, 0.4) is 0 Å². The van der Waals surface area contributed by atoms with Gasteiger partial charge < -0.3 is 5.11 Å². The SMILES string of the molecule is Cc1cc(Cl)c([N+](=O)[O-])cc1S(=O)(=O)N1CCC(O)CC1. The van der Waals surface area contributed by atoms with Gasteiger partial charge in [-0.2, -0.15) is 4.31 Å². The number of aryl methyl sites for hydroxylation is 1. The number of nitrogens with zero attached hydrogens (tertiary/aromatic N) is 2. The molecule has 0 aliphatic carbocycles. The molecular formula is C12H15ClN2O5S. The fourth-order valence-corrected chi connectivity index (χ4v) is 4.26.